The number of phenols is 1. The number of aromatic hydroxyl groups is 1. The molecule has 0 radical (unpaired) electrons. The molecular weight excluding hydrogens is 593 g/mol. The lowest BCUT2D eigenvalue weighted by molar-refractivity contribution is 0.477. The van der Waals surface area contributed by atoms with Gasteiger partial charge in [-0.05, 0) is 111 Å². The van der Waals surface area contributed by atoms with Crippen molar-refractivity contribution in [2.24, 2.45) is 0 Å². The van der Waals surface area contributed by atoms with Gasteiger partial charge in [-0.2, -0.15) is 0 Å². The van der Waals surface area contributed by atoms with E-state index in [0.717, 1.165) is 49.9 Å². The molecule has 0 saturated carbocycles. The Morgan fingerprint density at radius 1 is 0.327 bits per heavy atom. The van der Waals surface area contributed by atoms with Crippen LogP contribution in [0.1, 0.15) is 11.1 Å². The van der Waals surface area contributed by atoms with E-state index < -0.39 is 0 Å². The van der Waals surface area contributed by atoms with Crippen LogP contribution in [-0.2, 0) is 0 Å². The summed E-state index contributed by atoms with van der Waals surface area (Å²) in [5.74, 6) is 0.263. The first kappa shape index (κ1) is 28.8. The molecule has 1 nitrogen and oxygen atoms in total. The Kier molecular flexibility index (Phi) is 6.67. The molecule has 9 aromatic carbocycles. The normalized spacial score (nSPS) is 11.5. The third kappa shape index (κ3) is 4.55. The molecule has 0 aliphatic rings. The second-order valence-electron chi connectivity index (χ2n) is 12.7. The van der Waals surface area contributed by atoms with Gasteiger partial charge in [-0.15, -0.1) is 0 Å². The number of fused-ring (bicyclic) bond motifs is 9. The zero-order valence-electron chi connectivity index (χ0n) is 26.9. The van der Waals surface area contributed by atoms with Crippen LogP contribution in [0.15, 0.2) is 165 Å². The molecule has 0 spiro atoms. The molecule has 0 unspecified atom stereocenters. The number of rotatable bonds is 5. The minimum Gasteiger partial charge on any atom is -0.507 e. The molecule has 0 saturated heterocycles. The highest BCUT2D eigenvalue weighted by atomic mass is 16.3. The Morgan fingerprint density at radius 2 is 0.694 bits per heavy atom. The second-order valence-corrected chi connectivity index (χ2v) is 12.7. The molecule has 230 valence electrons. The Balaban J connectivity index is 1.08. The van der Waals surface area contributed by atoms with Crippen LogP contribution in [0.4, 0.5) is 0 Å². The van der Waals surface area contributed by atoms with Gasteiger partial charge in [0.25, 0.3) is 0 Å². The summed E-state index contributed by atoms with van der Waals surface area (Å²) in [5.41, 5.74) is 8.28. The predicted molar refractivity (Wildman–Crippen MR) is 212 cm³/mol. The van der Waals surface area contributed by atoms with E-state index >= 15 is 0 Å². The molecule has 9 rings (SSSR count). The zero-order chi connectivity index (χ0) is 33.1. The van der Waals surface area contributed by atoms with Crippen LogP contribution in [0.5, 0.6) is 5.75 Å². The second kappa shape index (κ2) is 11.4. The molecule has 1 N–H and O–H groups in total. The summed E-state index contributed by atoms with van der Waals surface area (Å²) in [6.07, 6.45) is 3.87. The molecule has 0 amide bonds. The van der Waals surface area contributed by atoms with Gasteiger partial charge in [0.15, 0.2) is 0 Å². The summed E-state index contributed by atoms with van der Waals surface area (Å²) in [6.45, 7) is 8.25. The van der Waals surface area contributed by atoms with Crippen molar-refractivity contribution >= 4 is 66.0 Å². The van der Waals surface area contributed by atoms with E-state index in [4.69, 9.17) is 0 Å². The van der Waals surface area contributed by atoms with Crippen LogP contribution in [0.3, 0.4) is 0 Å². The smallest absolute Gasteiger partial charge is 0.124 e. The average Bonchev–Trinajstić information content (AvgIpc) is 3.17. The van der Waals surface area contributed by atoms with E-state index in [0.29, 0.717) is 0 Å². The molecule has 1 heteroatoms. The molecule has 0 aliphatic carbocycles. The van der Waals surface area contributed by atoms with Crippen molar-refractivity contribution in [3.05, 3.63) is 176 Å². The maximum absolute atomic E-state index is 11.3. The highest BCUT2D eigenvalue weighted by molar-refractivity contribution is 6.25. The van der Waals surface area contributed by atoms with E-state index in [-0.39, 0.29) is 5.75 Å². The monoisotopic (exact) mass is 624 g/mol. The van der Waals surface area contributed by atoms with Crippen LogP contribution in [0.2, 0.25) is 0 Å². The number of benzene rings is 9. The van der Waals surface area contributed by atoms with Crippen molar-refractivity contribution in [1.82, 2.24) is 0 Å². The van der Waals surface area contributed by atoms with Gasteiger partial charge in [0, 0.05) is 5.56 Å². The van der Waals surface area contributed by atoms with Crippen LogP contribution < -0.4 is 0 Å². The lowest BCUT2D eigenvalue weighted by Gasteiger charge is -2.15. The first-order valence-corrected chi connectivity index (χ1v) is 16.6. The highest BCUT2D eigenvalue weighted by Crippen LogP contribution is 2.40. The first-order chi connectivity index (χ1) is 24.1. The Morgan fingerprint density at radius 3 is 1.27 bits per heavy atom. The van der Waals surface area contributed by atoms with E-state index in [1.807, 2.05) is 24.3 Å². The summed E-state index contributed by atoms with van der Waals surface area (Å²) in [6, 6.07) is 53.5. The lowest BCUT2D eigenvalue weighted by Crippen LogP contribution is -1.90. The quantitative estimate of drug-likeness (QED) is 0.189. The fraction of sp³-hybridized carbons (Fsp3) is 0. The van der Waals surface area contributed by atoms with Crippen molar-refractivity contribution in [1.29, 1.82) is 0 Å². The summed E-state index contributed by atoms with van der Waals surface area (Å²) < 4.78 is 0. The van der Waals surface area contributed by atoms with E-state index in [1.54, 1.807) is 0 Å². The van der Waals surface area contributed by atoms with Crippen LogP contribution in [0, 0.1) is 0 Å². The van der Waals surface area contributed by atoms with Gasteiger partial charge in [0.2, 0.25) is 0 Å². The van der Waals surface area contributed by atoms with Crippen molar-refractivity contribution in [3.8, 4) is 39.1 Å². The Bertz CT molecular complexity index is 2770. The third-order valence-corrected chi connectivity index (χ3v) is 10.1. The Labute approximate surface area is 285 Å². The molecule has 49 heavy (non-hydrogen) atoms. The van der Waals surface area contributed by atoms with E-state index in [9.17, 15) is 5.11 Å². The minimum atomic E-state index is 0.263. The van der Waals surface area contributed by atoms with Crippen molar-refractivity contribution in [2.75, 3.05) is 0 Å². The summed E-state index contributed by atoms with van der Waals surface area (Å²) >= 11 is 0. The molecular formula is C48H32O. The summed E-state index contributed by atoms with van der Waals surface area (Å²) in [7, 11) is 0. The summed E-state index contributed by atoms with van der Waals surface area (Å²) in [4.78, 5) is 0. The maximum atomic E-state index is 11.3. The molecule has 0 fully saturated rings. The van der Waals surface area contributed by atoms with Gasteiger partial charge in [0.05, 0.1) is 0 Å². The van der Waals surface area contributed by atoms with Crippen molar-refractivity contribution < 1.29 is 5.11 Å². The number of hydrogen-bond acceptors (Lipinski definition) is 1. The SMILES string of the molecule is C=Cc1c(C=C)c2cc(-c3ccc(-c4ccc(-c5ccc6c7ccccc7c7ccccc7c6c5)cc4O)cc3)ccc2c2ccccc12. The first-order valence-electron chi connectivity index (χ1n) is 16.6. The molecule has 0 aliphatic heterocycles. The maximum Gasteiger partial charge on any atom is 0.124 e. The van der Waals surface area contributed by atoms with E-state index in [1.165, 1.54) is 48.5 Å². The largest absolute Gasteiger partial charge is 0.507 e. The van der Waals surface area contributed by atoms with Crippen molar-refractivity contribution in [3.63, 3.8) is 0 Å². The van der Waals surface area contributed by atoms with Crippen LogP contribution >= 0.6 is 0 Å². The lowest BCUT2D eigenvalue weighted by atomic mass is 9.89. The van der Waals surface area contributed by atoms with Gasteiger partial charge in [-0.1, -0.05) is 159 Å². The topological polar surface area (TPSA) is 20.2 Å². The molecule has 0 bridgehead atoms. The molecule has 0 atom stereocenters. The third-order valence-electron chi connectivity index (χ3n) is 10.1. The van der Waals surface area contributed by atoms with Gasteiger partial charge >= 0.3 is 0 Å². The number of phenolic OH excluding ortho intramolecular Hbond substituents is 1. The number of hydrogen-bond donors (Lipinski definition) is 1. The van der Waals surface area contributed by atoms with Crippen molar-refractivity contribution in [2.45, 2.75) is 0 Å². The van der Waals surface area contributed by atoms with Gasteiger partial charge in [-0.3, -0.25) is 0 Å². The zero-order valence-corrected chi connectivity index (χ0v) is 26.9. The van der Waals surface area contributed by atoms with Gasteiger partial charge in [-0.25, -0.2) is 0 Å². The highest BCUT2D eigenvalue weighted by Gasteiger charge is 2.14. The molecule has 0 heterocycles. The standard InChI is InChI=1S/C48H32O/c1-3-35-36(4-2)46-27-32(22-25-44(46)39-12-6-5-11-38(35)39)30-17-19-31(20-18-30)37-24-21-34(29-48(37)49)33-23-26-45-42-15-8-7-13-40(42)41-14-9-10-16-43(41)47(45)28-33/h3-29,49H,1-2H2. The molecule has 9 aromatic rings. The molecule has 0 aromatic heterocycles. The summed E-state index contributed by atoms with van der Waals surface area (Å²) in [5, 5.41) is 23.5. The van der Waals surface area contributed by atoms with Gasteiger partial charge in [0.1, 0.15) is 5.75 Å². The minimum absolute atomic E-state index is 0.263. The Hall–Kier alpha value is -6.44. The van der Waals surface area contributed by atoms with Crippen LogP contribution in [0.25, 0.3) is 99.4 Å². The van der Waals surface area contributed by atoms with Gasteiger partial charge < -0.3 is 5.11 Å². The van der Waals surface area contributed by atoms with Crippen LogP contribution in [-0.4, -0.2) is 5.11 Å². The fourth-order valence-corrected chi connectivity index (χ4v) is 7.75. The predicted octanol–water partition coefficient (Wildman–Crippen LogP) is 13.4. The van der Waals surface area contributed by atoms with E-state index in [2.05, 4.69) is 153 Å². The fourth-order valence-electron chi connectivity index (χ4n) is 7.75. The average molecular weight is 625 g/mol.